The standard InChI is InChI=1S/C25H22N4O/c1-16-8-10-19(11-9-16)23-15-22(18-6-4-3-5-7-18)27-25(28-23)24(29-26)21-13-12-20(30)14-17(21)2/h3-15,24,26,30H,1-2H3. The van der Waals surface area contributed by atoms with Gasteiger partial charge in [0.2, 0.25) is 0 Å². The molecule has 0 spiro atoms. The van der Waals surface area contributed by atoms with Crippen molar-refractivity contribution in [2.75, 3.05) is 0 Å². The number of benzene rings is 3. The number of nitrogens with zero attached hydrogens (tertiary/aromatic N) is 3. The summed E-state index contributed by atoms with van der Waals surface area (Å²) in [5, 5.41) is 13.6. The molecular formula is C25H22N4O. The van der Waals surface area contributed by atoms with E-state index in [0.29, 0.717) is 5.82 Å². The van der Waals surface area contributed by atoms with Crippen molar-refractivity contribution in [2.24, 2.45) is 5.11 Å². The summed E-state index contributed by atoms with van der Waals surface area (Å²) in [5.41, 5.74) is 14.2. The van der Waals surface area contributed by atoms with Crippen LogP contribution in [0.1, 0.15) is 28.6 Å². The van der Waals surface area contributed by atoms with E-state index in [1.54, 1.807) is 18.2 Å². The van der Waals surface area contributed by atoms with Crippen molar-refractivity contribution in [3.63, 3.8) is 0 Å². The first-order valence-electron chi connectivity index (χ1n) is 9.72. The Kier molecular flexibility index (Phi) is 5.35. The summed E-state index contributed by atoms with van der Waals surface area (Å²) < 4.78 is 0. The number of aryl methyl sites for hydroxylation is 2. The summed E-state index contributed by atoms with van der Waals surface area (Å²) >= 11 is 0. The molecule has 5 nitrogen and oxygen atoms in total. The minimum atomic E-state index is -0.654. The molecule has 0 radical (unpaired) electrons. The molecule has 0 fully saturated rings. The first-order chi connectivity index (χ1) is 14.5. The number of hydrogen-bond acceptors (Lipinski definition) is 5. The Morgan fingerprint density at radius 2 is 1.43 bits per heavy atom. The molecule has 0 aliphatic rings. The van der Waals surface area contributed by atoms with Gasteiger partial charge in [-0.25, -0.2) is 15.5 Å². The molecule has 1 unspecified atom stereocenters. The molecule has 1 aromatic heterocycles. The second-order valence-corrected chi connectivity index (χ2v) is 7.30. The lowest BCUT2D eigenvalue weighted by atomic mass is 10.00. The average molecular weight is 394 g/mol. The van der Waals surface area contributed by atoms with E-state index in [9.17, 15) is 5.11 Å². The van der Waals surface area contributed by atoms with Crippen LogP contribution < -0.4 is 0 Å². The van der Waals surface area contributed by atoms with E-state index in [2.05, 4.69) is 17.2 Å². The topological polar surface area (TPSA) is 82.2 Å². The number of hydrogen-bond donors (Lipinski definition) is 2. The Hall–Kier alpha value is -3.86. The highest BCUT2D eigenvalue weighted by atomic mass is 16.3. The summed E-state index contributed by atoms with van der Waals surface area (Å²) in [7, 11) is 0. The first-order valence-corrected chi connectivity index (χ1v) is 9.72. The number of aromatic nitrogens is 2. The van der Waals surface area contributed by atoms with Crippen LogP contribution in [0.2, 0.25) is 0 Å². The van der Waals surface area contributed by atoms with Crippen molar-refractivity contribution in [1.82, 2.24) is 9.97 Å². The minimum absolute atomic E-state index is 0.180. The van der Waals surface area contributed by atoms with Crippen molar-refractivity contribution < 1.29 is 5.11 Å². The molecule has 0 aliphatic carbocycles. The van der Waals surface area contributed by atoms with E-state index in [4.69, 9.17) is 15.5 Å². The molecule has 30 heavy (non-hydrogen) atoms. The highest BCUT2D eigenvalue weighted by molar-refractivity contribution is 5.68. The predicted octanol–water partition coefficient (Wildman–Crippen LogP) is 6.25. The second kappa shape index (κ2) is 8.25. The fraction of sp³-hybridized carbons (Fsp3) is 0.120. The van der Waals surface area contributed by atoms with Gasteiger partial charge >= 0.3 is 0 Å². The van der Waals surface area contributed by atoms with Gasteiger partial charge in [-0.15, -0.1) is 0 Å². The van der Waals surface area contributed by atoms with E-state index >= 15 is 0 Å². The van der Waals surface area contributed by atoms with Crippen LogP contribution in [-0.4, -0.2) is 15.1 Å². The van der Waals surface area contributed by atoms with Crippen molar-refractivity contribution in [3.05, 3.63) is 101 Å². The largest absolute Gasteiger partial charge is 0.508 e. The smallest absolute Gasteiger partial charge is 0.160 e. The summed E-state index contributed by atoms with van der Waals surface area (Å²) in [5.74, 6) is 0.634. The maximum absolute atomic E-state index is 9.76. The van der Waals surface area contributed by atoms with Gasteiger partial charge in [0.15, 0.2) is 11.9 Å². The monoisotopic (exact) mass is 394 g/mol. The highest BCUT2D eigenvalue weighted by Gasteiger charge is 2.21. The minimum Gasteiger partial charge on any atom is -0.508 e. The average Bonchev–Trinajstić information content (AvgIpc) is 2.76. The summed E-state index contributed by atoms with van der Waals surface area (Å²) in [6.07, 6.45) is 0. The Labute approximate surface area is 175 Å². The molecule has 0 saturated heterocycles. The van der Waals surface area contributed by atoms with Crippen LogP contribution in [0.15, 0.2) is 84.0 Å². The van der Waals surface area contributed by atoms with Crippen LogP contribution >= 0.6 is 0 Å². The van der Waals surface area contributed by atoms with Gasteiger partial charge in [0, 0.05) is 11.1 Å². The van der Waals surface area contributed by atoms with Crippen molar-refractivity contribution in [3.8, 4) is 28.3 Å². The molecule has 0 amide bonds. The predicted molar refractivity (Wildman–Crippen MR) is 117 cm³/mol. The first kappa shape index (κ1) is 19.5. The molecule has 0 saturated carbocycles. The summed E-state index contributed by atoms with van der Waals surface area (Å²) in [6.45, 7) is 3.93. The molecule has 5 heteroatoms. The number of phenolic OH excluding ortho intramolecular Hbond substituents is 1. The molecule has 0 aliphatic heterocycles. The van der Waals surface area contributed by atoms with Crippen LogP contribution in [0.25, 0.3) is 22.5 Å². The van der Waals surface area contributed by atoms with Gasteiger partial charge in [0.05, 0.1) is 11.4 Å². The van der Waals surface area contributed by atoms with E-state index < -0.39 is 6.04 Å². The van der Waals surface area contributed by atoms with E-state index in [0.717, 1.165) is 33.6 Å². The van der Waals surface area contributed by atoms with Crippen LogP contribution in [0.4, 0.5) is 0 Å². The molecule has 2 N–H and O–H groups in total. The third-order valence-corrected chi connectivity index (χ3v) is 5.08. The lowest BCUT2D eigenvalue weighted by molar-refractivity contribution is 0.474. The van der Waals surface area contributed by atoms with Gasteiger partial charge in [-0.2, -0.15) is 5.11 Å². The lowest BCUT2D eigenvalue weighted by Crippen LogP contribution is -2.07. The fourth-order valence-corrected chi connectivity index (χ4v) is 3.45. The van der Waals surface area contributed by atoms with Gasteiger partial charge in [-0.1, -0.05) is 66.2 Å². The molecule has 1 heterocycles. The third-order valence-electron chi connectivity index (χ3n) is 5.08. The van der Waals surface area contributed by atoms with Crippen LogP contribution in [-0.2, 0) is 0 Å². The van der Waals surface area contributed by atoms with Crippen LogP contribution in [0.5, 0.6) is 5.75 Å². The van der Waals surface area contributed by atoms with Crippen molar-refractivity contribution in [1.29, 1.82) is 5.53 Å². The number of phenols is 1. The maximum Gasteiger partial charge on any atom is 0.160 e. The molecule has 0 bridgehead atoms. The summed E-state index contributed by atoms with van der Waals surface area (Å²) in [6, 6.07) is 24.4. The van der Waals surface area contributed by atoms with Gasteiger partial charge in [-0.05, 0) is 43.2 Å². The Morgan fingerprint density at radius 1 is 0.800 bits per heavy atom. The zero-order valence-electron chi connectivity index (χ0n) is 16.9. The van der Waals surface area contributed by atoms with Crippen molar-refractivity contribution in [2.45, 2.75) is 19.9 Å². The molecule has 4 rings (SSSR count). The van der Waals surface area contributed by atoms with Crippen LogP contribution in [0.3, 0.4) is 0 Å². The zero-order valence-corrected chi connectivity index (χ0v) is 16.9. The van der Waals surface area contributed by atoms with E-state index in [1.807, 2.05) is 62.4 Å². The van der Waals surface area contributed by atoms with Gasteiger partial charge in [0.1, 0.15) is 5.75 Å². The van der Waals surface area contributed by atoms with Crippen LogP contribution in [0, 0.1) is 19.4 Å². The molecule has 4 aromatic rings. The number of rotatable bonds is 5. The Balaban J connectivity index is 1.90. The zero-order chi connectivity index (χ0) is 21.1. The van der Waals surface area contributed by atoms with Gasteiger partial charge in [0.25, 0.3) is 0 Å². The van der Waals surface area contributed by atoms with E-state index in [-0.39, 0.29) is 5.75 Å². The summed E-state index contributed by atoms with van der Waals surface area (Å²) in [4.78, 5) is 9.55. The molecule has 148 valence electrons. The number of aromatic hydroxyl groups is 1. The fourth-order valence-electron chi connectivity index (χ4n) is 3.45. The lowest BCUT2D eigenvalue weighted by Gasteiger charge is -2.16. The highest BCUT2D eigenvalue weighted by Crippen LogP contribution is 2.32. The normalized spacial score (nSPS) is 11.8. The van der Waals surface area contributed by atoms with Gasteiger partial charge < -0.3 is 5.11 Å². The number of nitrogens with one attached hydrogen (secondary N) is 1. The third kappa shape index (κ3) is 3.96. The van der Waals surface area contributed by atoms with Crippen molar-refractivity contribution >= 4 is 0 Å². The Morgan fingerprint density at radius 3 is 2.03 bits per heavy atom. The molecular weight excluding hydrogens is 372 g/mol. The van der Waals surface area contributed by atoms with Gasteiger partial charge in [-0.3, -0.25) is 0 Å². The second-order valence-electron chi connectivity index (χ2n) is 7.30. The molecule has 1 atom stereocenters. The van der Waals surface area contributed by atoms with E-state index in [1.165, 1.54) is 5.56 Å². The SMILES string of the molecule is Cc1ccc(-c2cc(-c3ccccc3)nc(C(N=N)c3ccc(O)cc3C)n2)cc1. The quantitative estimate of drug-likeness (QED) is 0.392. The maximum atomic E-state index is 9.76. The Bertz CT molecular complexity index is 1190. The molecule has 3 aromatic carbocycles.